The fourth-order valence-electron chi connectivity index (χ4n) is 4.30. The number of ether oxygens (including phenoxy) is 1. The van der Waals surface area contributed by atoms with Crippen molar-refractivity contribution in [3.63, 3.8) is 0 Å². The summed E-state index contributed by atoms with van der Waals surface area (Å²) in [6, 6.07) is 8.12. The second-order valence-electron chi connectivity index (χ2n) is 9.50. The molecule has 0 saturated heterocycles. The van der Waals surface area contributed by atoms with Gasteiger partial charge >= 0.3 is 5.97 Å². The number of aromatic amines is 1. The Bertz CT molecular complexity index is 1300. The molecule has 1 aromatic carbocycles. The number of carbonyl (C=O) groups excluding carboxylic acids is 2. The molecule has 0 unspecified atom stereocenters. The van der Waals surface area contributed by atoms with Gasteiger partial charge in [0.1, 0.15) is 5.82 Å². The molecule has 0 bridgehead atoms. The van der Waals surface area contributed by atoms with Crippen LogP contribution >= 0.6 is 0 Å². The average molecular weight is 450 g/mol. The van der Waals surface area contributed by atoms with Gasteiger partial charge < -0.3 is 14.6 Å². The number of benzene rings is 1. The molecule has 0 spiro atoms. The van der Waals surface area contributed by atoms with Crippen LogP contribution in [0.5, 0.6) is 0 Å². The molecule has 1 N–H and O–H groups in total. The van der Waals surface area contributed by atoms with Crippen molar-refractivity contribution in [2.45, 2.75) is 53.1 Å². The van der Waals surface area contributed by atoms with Crippen LogP contribution in [0.1, 0.15) is 60.6 Å². The molecule has 1 aliphatic rings. The molecule has 0 atom stereocenters. The molecule has 3 heterocycles. The van der Waals surface area contributed by atoms with Crippen LogP contribution in [0.2, 0.25) is 0 Å². The molecule has 3 aromatic rings. The van der Waals surface area contributed by atoms with E-state index in [0.29, 0.717) is 23.4 Å². The Hall–Kier alpha value is -3.48. The zero-order chi connectivity index (χ0) is 24.1. The highest BCUT2D eigenvalue weighted by Gasteiger charge is 2.38. The van der Waals surface area contributed by atoms with Crippen molar-refractivity contribution in [2.24, 2.45) is 0 Å². The van der Waals surface area contributed by atoms with E-state index in [1.165, 1.54) is 23.1 Å². The lowest BCUT2D eigenvalue weighted by Gasteiger charge is -2.29. The van der Waals surface area contributed by atoms with Gasteiger partial charge in [-0.3, -0.25) is 9.78 Å². The molecule has 0 fully saturated rings. The monoisotopic (exact) mass is 449 g/mol. The first-order chi connectivity index (χ1) is 15.5. The number of aromatic nitrogens is 2. The lowest BCUT2D eigenvalue weighted by atomic mass is 9.83. The molecule has 0 aliphatic carbocycles. The minimum atomic E-state index is -0.546. The number of rotatable bonds is 3. The molecule has 6 nitrogen and oxygen atoms in total. The minimum absolute atomic E-state index is 0.257. The van der Waals surface area contributed by atoms with Gasteiger partial charge in [-0.1, -0.05) is 13.8 Å². The van der Waals surface area contributed by atoms with Gasteiger partial charge in [-0.2, -0.15) is 0 Å². The summed E-state index contributed by atoms with van der Waals surface area (Å²) in [5.41, 5.74) is 4.34. The number of H-pyrrole nitrogens is 1. The van der Waals surface area contributed by atoms with E-state index >= 15 is 0 Å². The maximum Gasteiger partial charge on any atom is 0.342 e. The third kappa shape index (κ3) is 4.15. The molecule has 33 heavy (non-hydrogen) atoms. The van der Waals surface area contributed by atoms with Gasteiger partial charge in [0.15, 0.2) is 0 Å². The van der Waals surface area contributed by atoms with Crippen LogP contribution in [0, 0.1) is 19.7 Å². The van der Waals surface area contributed by atoms with Gasteiger partial charge in [-0.25, -0.2) is 9.18 Å². The Kier molecular flexibility index (Phi) is 5.60. The molecule has 7 heteroatoms. The van der Waals surface area contributed by atoms with Crippen LogP contribution in [0.4, 0.5) is 4.39 Å². The average Bonchev–Trinajstić information content (AvgIpc) is 3.05. The Morgan fingerprint density at radius 1 is 1.18 bits per heavy atom. The maximum atomic E-state index is 13.8. The van der Waals surface area contributed by atoms with Crippen LogP contribution in [-0.4, -0.2) is 39.4 Å². The third-order valence-electron chi connectivity index (χ3n) is 5.81. The number of fused-ring (bicyclic) bond motifs is 3. The summed E-state index contributed by atoms with van der Waals surface area (Å²) in [5, 5.41) is 0. The van der Waals surface area contributed by atoms with E-state index in [-0.39, 0.29) is 23.4 Å². The molecule has 1 aliphatic heterocycles. The number of hydrogen-bond acceptors (Lipinski definition) is 4. The van der Waals surface area contributed by atoms with E-state index < -0.39 is 11.4 Å². The van der Waals surface area contributed by atoms with Gasteiger partial charge in [0.2, 0.25) is 0 Å². The summed E-state index contributed by atoms with van der Waals surface area (Å²) in [6.45, 7) is 11.4. The fourth-order valence-corrected chi connectivity index (χ4v) is 4.30. The van der Waals surface area contributed by atoms with Crippen LogP contribution in [0.15, 0.2) is 36.5 Å². The standard InChI is InChI=1S/C26H28FN3O3/c1-14(2)33-25(32)18-12-30(24(31)17-8-9-19(27)15(3)11-17)13-26(5,6)21-22(18)29-20-10-7-16(4)28-23(20)21/h7-12,14,29H,13H2,1-6H3. The van der Waals surface area contributed by atoms with Crippen molar-refractivity contribution in [1.29, 1.82) is 0 Å². The number of amides is 1. The number of nitrogens with one attached hydrogen (secondary N) is 1. The van der Waals surface area contributed by atoms with Crippen LogP contribution in [0.25, 0.3) is 16.6 Å². The highest BCUT2D eigenvalue weighted by atomic mass is 19.1. The van der Waals surface area contributed by atoms with E-state index in [2.05, 4.69) is 4.98 Å². The number of pyridine rings is 1. The van der Waals surface area contributed by atoms with E-state index in [1.807, 2.05) is 32.9 Å². The quantitative estimate of drug-likeness (QED) is 0.568. The first kappa shape index (κ1) is 22.7. The zero-order valence-corrected chi connectivity index (χ0v) is 19.7. The number of nitrogens with zero attached hydrogens (tertiary/aromatic N) is 2. The van der Waals surface area contributed by atoms with Crippen LogP contribution in [-0.2, 0) is 14.9 Å². The largest absolute Gasteiger partial charge is 0.459 e. The Morgan fingerprint density at radius 3 is 2.58 bits per heavy atom. The lowest BCUT2D eigenvalue weighted by molar-refractivity contribution is -0.140. The third-order valence-corrected chi connectivity index (χ3v) is 5.81. The molecule has 172 valence electrons. The summed E-state index contributed by atoms with van der Waals surface area (Å²) in [5.74, 6) is -1.22. The van der Waals surface area contributed by atoms with Gasteiger partial charge in [0.25, 0.3) is 5.91 Å². The highest BCUT2D eigenvalue weighted by molar-refractivity contribution is 6.18. The van der Waals surface area contributed by atoms with E-state index in [1.54, 1.807) is 27.0 Å². The van der Waals surface area contributed by atoms with Crippen LogP contribution in [0.3, 0.4) is 0 Å². The van der Waals surface area contributed by atoms with Crippen molar-refractivity contribution >= 4 is 28.5 Å². The summed E-state index contributed by atoms with van der Waals surface area (Å²) < 4.78 is 19.3. The number of esters is 1. The van der Waals surface area contributed by atoms with Gasteiger partial charge in [-0.05, 0) is 63.6 Å². The number of aryl methyl sites for hydroxylation is 2. The lowest BCUT2D eigenvalue weighted by Crippen LogP contribution is -2.37. The SMILES string of the molecule is Cc1ccc2[nH]c3c(c2n1)C(C)(C)CN(C(=O)c1ccc(F)c(C)c1)C=C3C(=O)OC(C)C. The number of carbonyl (C=O) groups is 2. The molecule has 0 saturated carbocycles. The molecule has 0 radical (unpaired) electrons. The topological polar surface area (TPSA) is 75.3 Å². The zero-order valence-electron chi connectivity index (χ0n) is 19.7. The first-order valence-electron chi connectivity index (χ1n) is 11.0. The Morgan fingerprint density at radius 2 is 1.91 bits per heavy atom. The predicted molar refractivity (Wildman–Crippen MR) is 125 cm³/mol. The first-order valence-corrected chi connectivity index (χ1v) is 11.0. The predicted octanol–water partition coefficient (Wildman–Crippen LogP) is 5.04. The summed E-state index contributed by atoms with van der Waals surface area (Å²) in [4.78, 5) is 36.2. The van der Waals surface area contributed by atoms with Gasteiger partial charge in [0, 0.05) is 35.0 Å². The molecule has 4 rings (SSSR count). The Balaban J connectivity index is 1.91. The van der Waals surface area contributed by atoms with Crippen molar-refractivity contribution in [3.05, 3.63) is 70.4 Å². The van der Waals surface area contributed by atoms with E-state index in [4.69, 9.17) is 9.72 Å². The van der Waals surface area contributed by atoms with E-state index in [0.717, 1.165) is 22.3 Å². The van der Waals surface area contributed by atoms with Crippen molar-refractivity contribution in [3.8, 4) is 0 Å². The van der Waals surface area contributed by atoms with Gasteiger partial charge in [-0.15, -0.1) is 0 Å². The molecule has 2 aromatic heterocycles. The minimum Gasteiger partial charge on any atom is -0.459 e. The second kappa shape index (κ2) is 8.14. The fraction of sp³-hybridized carbons (Fsp3) is 0.346. The van der Waals surface area contributed by atoms with E-state index in [9.17, 15) is 14.0 Å². The molecular formula is C26H28FN3O3. The molecule has 1 amide bonds. The number of halogens is 1. The van der Waals surface area contributed by atoms with Gasteiger partial charge in [0.05, 0.1) is 28.4 Å². The summed E-state index contributed by atoms with van der Waals surface area (Å²) >= 11 is 0. The smallest absolute Gasteiger partial charge is 0.342 e. The molecular weight excluding hydrogens is 421 g/mol. The van der Waals surface area contributed by atoms with Crippen molar-refractivity contribution in [2.75, 3.05) is 6.54 Å². The van der Waals surface area contributed by atoms with Crippen molar-refractivity contribution < 1.29 is 18.7 Å². The number of hydrogen-bond donors (Lipinski definition) is 1. The van der Waals surface area contributed by atoms with Crippen molar-refractivity contribution in [1.82, 2.24) is 14.9 Å². The summed E-state index contributed by atoms with van der Waals surface area (Å²) in [6.07, 6.45) is 1.22. The Labute approximate surface area is 192 Å². The maximum absolute atomic E-state index is 13.8. The highest BCUT2D eigenvalue weighted by Crippen LogP contribution is 2.40. The second-order valence-corrected chi connectivity index (χ2v) is 9.50. The van der Waals surface area contributed by atoms with Crippen LogP contribution < -0.4 is 0 Å². The summed E-state index contributed by atoms with van der Waals surface area (Å²) in [7, 11) is 0. The normalized spacial score (nSPS) is 15.3.